The summed E-state index contributed by atoms with van der Waals surface area (Å²) in [6, 6.07) is 10.1. The fraction of sp³-hybridized carbons (Fsp3) is 0.211. The van der Waals surface area contributed by atoms with Crippen molar-refractivity contribution in [3.05, 3.63) is 59.3 Å². The van der Waals surface area contributed by atoms with E-state index < -0.39 is 24.3 Å². The molecule has 10 heteroatoms. The molecule has 1 aliphatic rings. The molecule has 29 heavy (non-hydrogen) atoms. The second kappa shape index (κ2) is 6.89. The quantitative estimate of drug-likeness (QED) is 0.653. The van der Waals surface area contributed by atoms with Crippen LogP contribution in [0, 0.1) is 0 Å². The molecule has 4 rings (SSSR count). The Morgan fingerprint density at radius 1 is 1.24 bits per heavy atom. The van der Waals surface area contributed by atoms with Gasteiger partial charge >= 0.3 is 12.1 Å². The third-order valence-corrected chi connectivity index (χ3v) is 4.66. The number of halogens is 3. The molecule has 0 radical (unpaired) electrons. The standard InChI is InChI=1S/C19H15F3N4O3/c20-19(21,22)18(28)29-17-14-8-12(5-4-10(14)6-7-24-17)26-9-11-2-1-3-13(16(23)27)15(11)25-26/h1-5,8-9,17,24H,6-7H2,(H2,23,27). The molecule has 1 unspecified atom stereocenters. The molecule has 0 bridgehead atoms. The van der Waals surface area contributed by atoms with Crippen LogP contribution < -0.4 is 11.1 Å². The maximum absolute atomic E-state index is 12.6. The van der Waals surface area contributed by atoms with Crippen LogP contribution >= 0.6 is 0 Å². The molecule has 150 valence electrons. The number of primary amides is 1. The van der Waals surface area contributed by atoms with Crippen LogP contribution in [0.3, 0.4) is 0 Å². The third-order valence-electron chi connectivity index (χ3n) is 4.66. The van der Waals surface area contributed by atoms with Gasteiger partial charge in [-0.1, -0.05) is 18.2 Å². The molecule has 1 aromatic heterocycles. The zero-order valence-electron chi connectivity index (χ0n) is 14.9. The Labute approximate surface area is 162 Å². The van der Waals surface area contributed by atoms with E-state index in [0.29, 0.717) is 35.1 Å². The van der Waals surface area contributed by atoms with Gasteiger partial charge in [-0.2, -0.15) is 18.3 Å². The first-order chi connectivity index (χ1) is 13.7. The highest BCUT2D eigenvalue weighted by Crippen LogP contribution is 2.29. The number of benzene rings is 2. The Bertz CT molecular complexity index is 1120. The van der Waals surface area contributed by atoms with Crippen molar-refractivity contribution in [1.29, 1.82) is 0 Å². The van der Waals surface area contributed by atoms with Crippen molar-refractivity contribution in [1.82, 2.24) is 15.1 Å². The number of aromatic nitrogens is 2. The highest BCUT2D eigenvalue weighted by atomic mass is 19.4. The molecule has 2 aromatic carbocycles. The van der Waals surface area contributed by atoms with Crippen LogP contribution in [0.5, 0.6) is 0 Å². The van der Waals surface area contributed by atoms with E-state index in [2.05, 4.69) is 15.2 Å². The summed E-state index contributed by atoms with van der Waals surface area (Å²) in [7, 11) is 0. The number of amides is 1. The smallest absolute Gasteiger partial charge is 0.436 e. The van der Waals surface area contributed by atoms with Crippen molar-refractivity contribution in [2.45, 2.75) is 18.8 Å². The second-order valence-corrected chi connectivity index (χ2v) is 6.55. The highest BCUT2D eigenvalue weighted by Gasteiger charge is 2.43. The number of nitrogens with two attached hydrogens (primary N) is 1. The number of hydrogen-bond donors (Lipinski definition) is 2. The van der Waals surface area contributed by atoms with Crippen molar-refractivity contribution in [3.8, 4) is 5.69 Å². The van der Waals surface area contributed by atoms with Gasteiger partial charge in [0.2, 0.25) is 0 Å². The first kappa shape index (κ1) is 18.9. The van der Waals surface area contributed by atoms with E-state index in [4.69, 9.17) is 5.73 Å². The van der Waals surface area contributed by atoms with Crippen LogP contribution in [-0.4, -0.2) is 34.4 Å². The van der Waals surface area contributed by atoms with Gasteiger partial charge in [-0.3, -0.25) is 10.1 Å². The minimum absolute atomic E-state index is 0.262. The minimum atomic E-state index is -5.08. The maximum atomic E-state index is 12.6. The van der Waals surface area contributed by atoms with Gasteiger partial charge < -0.3 is 10.5 Å². The van der Waals surface area contributed by atoms with E-state index >= 15 is 0 Å². The summed E-state index contributed by atoms with van der Waals surface area (Å²) in [6.07, 6.45) is -4.06. The number of carbonyl (C=O) groups excluding carboxylic acids is 2. The van der Waals surface area contributed by atoms with Crippen LogP contribution in [0.15, 0.2) is 42.6 Å². The first-order valence-electron chi connectivity index (χ1n) is 8.66. The predicted octanol–water partition coefficient (Wildman–Crippen LogP) is 2.37. The van der Waals surface area contributed by atoms with E-state index in [-0.39, 0.29) is 5.56 Å². The summed E-state index contributed by atoms with van der Waals surface area (Å²) in [5, 5.41) is 7.84. The number of esters is 1. The number of hydrogen-bond acceptors (Lipinski definition) is 5. The SMILES string of the molecule is NC(=O)c1cccc2cn(-c3ccc4c(c3)C(OC(=O)C(F)(F)F)NCC4)nc12. The first-order valence-corrected chi connectivity index (χ1v) is 8.66. The average molecular weight is 404 g/mol. The summed E-state index contributed by atoms with van der Waals surface area (Å²) in [5.74, 6) is -2.88. The number of nitrogens with zero attached hydrogens (tertiary/aromatic N) is 2. The molecule has 3 aromatic rings. The van der Waals surface area contributed by atoms with E-state index in [9.17, 15) is 22.8 Å². The molecule has 3 N–H and O–H groups in total. The fourth-order valence-electron chi connectivity index (χ4n) is 3.30. The van der Waals surface area contributed by atoms with E-state index in [0.717, 1.165) is 5.56 Å². The Kier molecular flexibility index (Phi) is 4.50. The Hall–Kier alpha value is -3.40. The van der Waals surface area contributed by atoms with Crippen LogP contribution in [0.1, 0.15) is 27.7 Å². The van der Waals surface area contributed by atoms with Gasteiger partial charge in [0.1, 0.15) is 5.52 Å². The number of rotatable bonds is 3. The molecule has 1 amide bonds. The zero-order valence-corrected chi connectivity index (χ0v) is 14.9. The molecular formula is C19H15F3N4O3. The normalized spacial score (nSPS) is 16.4. The molecule has 0 saturated carbocycles. The molecular weight excluding hydrogens is 389 g/mol. The second-order valence-electron chi connectivity index (χ2n) is 6.55. The zero-order chi connectivity index (χ0) is 20.8. The molecule has 0 spiro atoms. The number of alkyl halides is 3. The Balaban J connectivity index is 1.73. The Morgan fingerprint density at radius 3 is 2.76 bits per heavy atom. The fourth-order valence-corrected chi connectivity index (χ4v) is 3.30. The molecule has 7 nitrogen and oxygen atoms in total. The number of fused-ring (bicyclic) bond motifs is 2. The maximum Gasteiger partial charge on any atom is 0.490 e. The van der Waals surface area contributed by atoms with Gasteiger partial charge in [-0.05, 0) is 30.2 Å². The minimum Gasteiger partial charge on any atom is -0.436 e. The van der Waals surface area contributed by atoms with E-state index in [1.54, 1.807) is 42.6 Å². The summed E-state index contributed by atoms with van der Waals surface area (Å²) >= 11 is 0. The van der Waals surface area contributed by atoms with Gasteiger partial charge in [0.05, 0.1) is 11.3 Å². The molecule has 0 saturated heterocycles. The third kappa shape index (κ3) is 3.54. The number of nitrogens with one attached hydrogen (secondary N) is 1. The lowest BCUT2D eigenvalue weighted by Gasteiger charge is -2.27. The topological polar surface area (TPSA) is 99.2 Å². The number of carbonyl (C=O) groups is 2. The van der Waals surface area contributed by atoms with Gasteiger partial charge in [-0.15, -0.1) is 0 Å². The van der Waals surface area contributed by atoms with Gasteiger partial charge in [-0.25, -0.2) is 9.48 Å². The lowest BCUT2D eigenvalue weighted by Crippen LogP contribution is -2.37. The summed E-state index contributed by atoms with van der Waals surface area (Å²) < 4.78 is 43.9. The van der Waals surface area contributed by atoms with Crippen LogP contribution in [0.4, 0.5) is 13.2 Å². The molecule has 1 atom stereocenters. The van der Waals surface area contributed by atoms with Gasteiger partial charge in [0.15, 0.2) is 6.23 Å². The highest BCUT2D eigenvalue weighted by molar-refractivity contribution is 6.04. The lowest BCUT2D eigenvalue weighted by molar-refractivity contribution is -0.207. The Morgan fingerprint density at radius 2 is 2.03 bits per heavy atom. The van der Waals surface area contributed by atoms with E-state index in [1.165, 1.54) is 4.68 Å². The summed E-state index contributed by atoms with van der Waals surface area (Å²) in [4.78, 5) is 22.9. The molecule has 0 fully saturated rings. The lowest BCUT2D eigenvalue weighted by atomic mass is 9.99. The summed E-state index contributed by atoms with van der Waals surface area (Å²) in [5.41, 5.74) is 7.77. The van der Waals surface area contributed by atoms with Crippen molar-refractivity contribution in [2.24, 2.45) is 5.73 Å². The van der Waals surface area contributed by atoms with Crippen LogP contribution in [0.2, 0.25) is 0 Å². The predicted molar refractivity (Wildman–Crippen MR) is 96.2 cm³/mol. The van der Waals surface area contributed by atoms with Crippen molar-refractivity contribution in [2.75, 3.05) is 6.54 Å². The van der Waals surface area contributed by atoms with Gasteiger partial charge in [0, 0.05) is 23.7 Å². The monoisotopic (exact) mass is 404 g/mol. The molecule has 0 aliphatic carbocycles. The molecule has 2 heterocycles. The average Bonchev–Trinajstić information content (AvgIpc) is 3.11. The van der Waals surface area contributed by atoms with Crippen molar-refractivity contribution < 1.29 is 27.5 Å². The largest absolute Gasteiger partial charge is 0.490 e. The van der Waals surface area contributed by atoms with Crippen molar-refractivity contribution >= 4 is 22.8 Å². The summed E-state index contributed by atoms with van der Waals surface area (Å²) in [6.45, 7) is 0.371. The van der Waals surface area contributed by atoms with Crippen LogP contribution in [0.25, 0.3) is 16.6 Å². The van der Waals surface area contributed by atoms with E-state index in [1.807, 2.05) is 0 Å². The number of ether oxygens (including phenoxy) is 1. The van der Waals surface area contributed by atoms with Crippen LogP contribution in [-0.2, 0) is 16.0 Å². The molecule has 1 aliphatic heterocycles. The van der Waals surface area contributed by atoms with Gasteiger partial charge in [0.25, 0.3) is 5.91 Å². The van der Waals surface area contributed by atoms with Crippen molar-refractivity contribution in [3.63, 3.8) is 0 Å².